The Labute approximate surface area is 129 Å². The van der Waals surface area contributed by atoms with Crippen molar-refractivity contribution in [1.82, 2.24) is 15.3 Å². The van der Waals surface area contributed by atoms with Crippen molar-refractivity contribution in [2.75, 3.05) is 11.9 Å². The summed E-state index contributed by atoms with van der Waals surface area (Å²) in [6.07, 6.45) is 3.28. The maximum atomic E-state index is 12.2. The number of amides is 1. The van der Waals surface area contributed by atoms with Gasteiger partial charge in [0.05, 0.1) is 12.6 Å². The van der Waals surface area contributed by atoms with Gasteiger partial charge in [0, 0.05) is 23.6 Å². The molecule has 0 aliphatic heterocycles. The molecule has 2 rings (SSSR count). The topological polar surface area (TPSA) is 87.1 Å². The van der Waals surface area contributed by atoms with Gasteiger partial charge in [-0.15, -0.1) is 0 Å². The second-order valence-corrected chi connectivity index (χ2v) is 5.28. The van der Waals surface area contributed by atoms with Gasteiger partial charge in [-0.05, 0) is 30.2 Å². The van der Waals surface area contributed by atoms with Gasteiger partial charge in [0.2, 0.25) is 5.95 Å². The largest absolute Gasteiger partial charge is 0.394 e. The highest BCUT2D eigenvalue weighted by Crippen LogP contribution is 2.14. The molecule has 1 aromatic carbocycles. The molecular weight excluding hydrogens is 280 g/mol. The summed E-state index contributed by atoms with van der Waals surface area (Å²) in [5.41, 5.74) is 1.24. The molecule has 1 aromatic heterocycles. The summed E-state index contributed by atoms with van der Waals surface area (Å²) >= 11 is 0. The molecule has 1 atom stereocenters. The Bertz CT molecular complexity index is 617. The molecule has 2 aromatic rings. The highest BCUT2D eigenvalue weighted by atomic mass is 16.3. The van der Waals surface area contributed by atoms with Crippen LogP contribution in [0, 0.1) is 5.92 Å². The number of benzene rings is 1. The zero-order valence-electron chi connectivity index (χ0n) is 12.7. The van der Waals surface area contributed by atoms with Crippen LogP contribution in [0.3, 0.4) is 0 Å². The number of rotatable bonds is 6. The molecule has 0 aliphatic carbocycles. The third-order valence-electron chi connectivity index (χ3n) is 3.26. The third-order valence-corrected chi connectivity index (χ3v) is 3.26. The Balaban J connectivity index is 2.09. The molecule has 116 valence electrons. The second kappa shape index (κ2) is 7.51. The molecule has 0 saturated heterocycles. The van der Waals surface area contributed by atoms with Gasteiger partial charge in [-0.2, -0.15) is 0 Å². The van der Waals surface area contributed by atoms with Crippen LogP contribution >= 0.6 is 0 Å². The van der Waals surface area contributed by atoms with E-state index in [0.717, 1.165) is 5.69 Å². The number of hydrogen-bond donors (Lipinski definition) is 3. The fourth-order valence-electron chi connectivity index (χ4n) is 1.91. The standard InChI is InChI=1S/C16H20N4O2/c1-11(2)14(10-21)20-15(22)12-5-3-6-13(9-12)19-16-17-7-4-8-18-16/h3-9,11,14,21H,10H2,1-2H3,(H,20,22)(H,17,18,19)/t14-/m1/s1. The molecule has 0 unspecified atom stereocenters. The van der Waals surface area contributed by atoms with Crippen LogP contribution in [0.2, 0.25) is 0 Å². The van der Waals surface area contributed by atoms with E-state index in [1.54, 1.807) is 36.7 Å². The first-order chi connectivity index (χ1) is 10.6. The monoisotopic (exact) mass is 300 g/mol. The Morgan fingerprint density at radius 2 is 1.95 bits per heavy atom. The molecule has 3 N–H and O–H groups in total. The molecule has 0 aliphatic rings. The number of aromatic nitrogens is 2. The molecule has 0 bridgehead atoms. The lowest BCUT2D eigenvalue weighted by atomic mass is 10.0. The SMILES string of the molecule is CC(C)[C@@H](CO)NC(=O)c1cccc(Nc2ncccn2)c1. The molecule has 1 amide bonds. The molecule has 0 saturated carbocycles. The van der Waals surface area contributed by atoms with Gasteiger partial charge < -0.3 is 15.7 Å². The van der Waals surface area contributed by atoms with Gasteiger partial charge in [-0.1, -0.05) is 19.9 Å². The van der Waals surface area contributed by atoms with Crippen molar-refractivity contribution in [3.63, 3.8) is 0 Å². The zero-order chi connectivity index (χ0) is 15.9. The van der Waals surface area contributed by atoms with E-state index in [2.05, 4.69) is 20.6 Å². The summed E-state index contributed by atoms with van der Waals surface area (Å²) in [6, 6.07) is 8.53. The van der Waals surface area contributed by atoms with E-state index in [9.17, 15) is 9.90 Å². The average Bonchev–Trinajstić information content (AvgIpc) is 2.53. The number of nitrogens with one attached hydrogen (secondary N) is 2. The van der Waals surface area contributed by atoms with Gasteiger partial charge in [0.1, 0.15) is 0 Å². The minimum atomic E-state index is -0.262. The molecular formula is C16H20N4O2. The fraction of sp³-hybridized carbons (Fsp3) is 0.312. The second-order valence-electron chi connectivity index (χ2n) is 5.28. The van der Waals surface area contributed by atoms with Gasteiger partial charge in [-0.25, -0.2) is 9.97 Å². The van der Waals surface area contributed by atoms with Crippen LogP contribution in [0.25, 0.3) is 0 Å². The number of carbonyl (C=O) groups excluding carboxylic acids is 1. The number of carbonyl (C=O) groups is 1. The Kier molecular flexibility index (Phi) is 5.43. The maximum absolute atomic E-state index is 12.2. The van der Waals surface area contributed by atoms with Crippen LogP contribution in [0.5, 0.6) is 0 Å². The fourth-order valence-corrected chi connectivity index (χ4v) is 1.91. The molecule has 22 heavy (non-hydrogen) atoms. The van der Waals surface area contributed by atoms with Crippen LogP contribution in [0.15, 0.2) is 42.7 Å². The molecule has 6 nitrogen and oxygen atoms in total. The van der Waals surface area contributed by atoms with E-state index < -0.39 is 0 Å². The quantitative estimate of drug-likeness (QED) is 0.759. The van der Waals surface area contributed by atoms with Crippen molar-refractivity contribution in [1.29, 1.82) is 0 Å². The highest BCUT2D eigenvalue weighted by molar-refractivity contribution is 5.95. The van der Waals surface area contributed by atoms with E-state index in [-0.39, 0.29) is 24.5 Å². The maximum Gasteiger partial charge on any atom is 0.251 e. The molecule has 0 radical (unpaired) electrons. The first-order valence-corrected chi connectivity index (χ1v) is 7.16. The van der Waals surface area contributed by atoms with Crippen LogP contribution in [-0.4, -0.2) is 33.6 Å². The Morgan fingerprint density at radius 3 is 2.59 bits per heavy atom. The van der Waals surface area contributed by atoms with Crippen molar-refractivity contribution in [3.8, 4) is 0 Å². The summed E-state index contributed by atoms with van der Waals surface area (Å²) in [7, 11) is 0. The number of nitrogens with zero attached hydrogens (tertiary/aromatic N) is 2. The summed E-state index contributed by atoms with van der Waals surface area (Å²) in [5.74, 6) is 0.411. The van der Waals surface area contributed by atoms with E-state index in [1.165, 1.54) is 0 Å². The van der Waals surface area contributed by atoms with Crippen LogP contribution < -0.4 is 10.6 Å². The van der Waals surface area contributed by atoms with Crippen molar-refractivity contribution in [3.05, 3.63) is 48.3 Å². The smallest absolute Gasteiger partial charge is 0.251 e. The molecule has 0 fully saturated rings. The highest BCUT2D eigenvalue weighted by Gasteiger charge is 2.16. The van der Waals surface area contributed by atoms with E-state index in [0.29, 0.717) is 11.5 Å². The minimum Gasteiger partial charge on any atom is -0.394 e. The first-order valence-electron chi connectivity index (χ1n) is 7.16. The van der Waals surface area contributed by atoms with Gasteiger partial charge in [0.15, 0.2) is 0 Å². The van der Waals surface area contributed by atoms with E-state index >= 15 is 0 Å². The van der Waals surface area contributed by atoms with Crippen LogP contribution in [-0.2, 0) is 0 Å². The van der Waals surface area contributed by atoms with Crippen molar-refractivity contribution < 1.29 is 9.90 Å². The first kappa shape index (κ1) is 15.9. The van der Waals surface area contributed by atoms with E-state index in [4.69, 9.17) is 0 Å². The molecule has 1 heterocycles. The lowest BCUT2D eigenvalue weighted by molar-refractivity contribution is 0.0897. The molecule has 0 spiro atoms. The van der Waals surface area contributed by atoms with Gasteiger partial charge in [-0.3, -0.25) is 4.79 Å². The predicted molar refractivity (Wildman–Crippen MR) is 84.9 cm³/mol. The van der Waals surface area contributed by atoms with Crippen LogP contribution in [0.1, 0.15) is 24.2 Å². The van der Waals surface area contributed by atoms with Crippen LogP contribution in [0.4, 0.5) is 11.6 Å². The zero-order valence-corrected chi connectivity index (χ0v) is 12.7. The Hall–Kier alpha value is -2.47. The van der Waals surface area contributed by atoms with Crippen molar-refractivity contribution in [2.45, 2.75) is 19.9 Å². The van der Waals surface area contributed by atoms with Crippen molar-refractivity contribution >= 4 is 17.5 Å². The summed E-state index contributed by atoms with van der Waals surface area (Å²) in [6.45, 7) is 3.82. The Morgan fingerprint density at radius 1 is 1.23 bits per heavy atom. The number of hydrogen-bond acceptors (Lipinski definition) is 5. The number of aliphatic hydroxyl groups excluding tert-OH is 1. The van der Waals surface area contributed by atoms with E-state index in [1.807, 2.05) is 19.9 Å². The van der Waals surface area contributed by atoms with Gasteiger partial charge >= 0.3 is 0 Å². The third kappa shape index (κ3) is 4.26. The summed E-state index contributed by atoms with van der Waals surface area (Å²) < 4.78 is 0. The average molecular weight is 300 g/mol. The minimum absolute atomic E-state index is 0.0841. The normalized spacial score (nSPS) is 12.0. The van der Waals surface area contributed by atoms with Gasteiger partial charge in [0.25, 0.3) is 5.91 Å². The number of anilines is 2. The molecule has 6 heteroatoms. The number of aliphatic hydroxyl groups is 1. The van der Waals surface area contributed by atoms with Crippen molar-refractivity contribution in [2.24, 2.45) is 5.92 Å². The lowest BCUT2D eigenvalue weighted by Crippen LogP contribution is -2.41. The summed E-state index contributed by atoms with van der Waals surface area (Å²) in [5, 5.41) is 15.2. The summed E-state index contributed by atoms with van der Waals surface area (Å²) in [4.78, 5) is 20.4. The lowest BCUT2D eigenvalue weighted by Gasteiger charge is -2.20. The predicted octanol–water partition coefficient (Wildman–Crippen LogP) is 1.97.